The number of carbonyl (C=O) groups excluding carboxylic acids is 1. The maximum atomic E-state index is 12.3. The zero-order valence-electron chi connectivity index (χ0n) is 32.5. The lowest BCUT2D eigenvalue weighted by Gasteiger charge is -2.50. The smallest absolute Gasteiger partial charge is 0.178 e. The predicted octanol–water partition coefficient (Wildman–Crippen LogP) is 10.2. The Morgan fingerprint density at radius 1 is 0.593 bits per heavy atom. The molecule has 4 unspecified atom stereocenters. The number of nitrogens with zero attached hydrogens (tertiary/aromatic N) is 2. The molecule has 7 fully saturated rings. The van der Waals surface area contributed by atoms with Gasteiger partial charge in [-0.1, -0.05) is 68.8 Å². The summed E-state index contributed by atoms with van der Waals surface area (Å²) >= 11 is 25.8. The van der Waals surface area contributed by atoms with Crippen molar-refractivity contribution in [3.05, 3.63) is 79.1 Å². The van der Waals surface area contributed by atoms with E-state index in [0.717, 1.165) is 61.2 Å². The minimum atomic E-state index is -0.481. The number of halogens is 4. The van der Waals surface area contributed by atoms with Gasteiger partial charge in [0, 0.05) is 57.8 Å². The van der Waals surface area contributed by atoms with Crippen molar-refractivity contribution in [2.45, 2.75) is 94.4 Å². The number of aromatic nitrogens is 2. The molecule has 4 aliphatic carbocycles. The van der Waals surface area contributed by atoms with Crippen molar-refractivity contribution in [3.8, 4) is 22.5 Å². The molecule has 2 aromatic heterocycles. The van der Waals surface area contributed by atoms with Gasteiger partial charge in [-0.05, 0) is 75.6 Å². The van der Waals surface area contributed by atoms with Crippen molar-refractivity contribution in [1.29, 1.82) is 0 Å². The van der Waals surface area contributed by atoms with Gasteiger partial charge in [0.05, 0.1) is 85.2 Å². The molecule has 4 aromatic rings. The monoisotopic (exact) mass is 886 g/mol. The van der Waals surface area contributed by atoms with Crippen molar-refractivity contribution in [2.75, 3.05) is 39.6 Å². The number of rotatable bonds is 10. The quantitative estimate of drug-likeness (QED) is 0.151. The number of Topliss-reactive ketones (excluding diaryl/α,β-unsaturated/α-hetero) is 1. The Bertz CT molecular complexity index is 2110. The Hall–Kier alpha value is -2.55. The summed E-state index contributed by atoms with van der Waals surface area (Å²) in [4.78, 5) is 12.3. The Kier molecular flexibility index (Phi) is 11.6. The fourth-order valence-corrected chi connectivity index (χ4v) is 10.9. The van der Waals surface area contributed by atoms with E-state index in [9.17, 15) is 4.79 Å². The molecule has 0 amide bonds. The molecule has 3 saturated heterocycles. The van der Waals surface area contributed by atoms with Crippen LogP contribution < -0.4 is 0 Å². The number of hydrogen-bond acceptors (Lipinski definition) is 11. The molecule has 4 saturated carbocycles. The van der Waals surface area contributed by atoms with E-state index in [0.29, 0.717) is 126 Å². The molecule has 4 atom stereocenters. The molecule has 11 rings (SSSR count). The van der Waals surface area contributed by atoms with Gasteiger partial charge in [-0.2, -0.15) is 0 Å². The number of benzene rings is 2. The molecule has 7 aliphatic rings. The molecule has 4 bridgehead atoms. The second kappa shape index (κ2) is 17.0. The van der Waals surface area contributed by atoms with Gasteiger partial charge in [0.25, 0.3) is 0 Å². The molecule has 0 radical (unpaired) electrons. The SMILES string of the molecule is Clc1cccc(Cl)c1-c1noc(C2CC2)c1COC1CC2COCC(C1)C21OCCO1.O=C1C2COCC1CC(OCc1c(-c3c(Cl)cccc3Cl)noc1C1CC1)C2. The second-order valence-electron chi connectivity index (χ2n) is 17.0. The van der Waals surface area contributed by atoms with Crippen molar-refractivity contribution in [3.63, 3.8) is 0 Å². The average Bonchev–Trinajstić information content (AvgIpc) is 4.11. The molecule has 3 aliphatic heterocycles. The maximum absolute atomic E-state index is 12.3. The van der Waals surface area contributed by atoms with Crippen molar-refractivity contribution in [1.82, 2.24) is 10.3 Å². The normalized spacial score (nSPS) is 28.4. The van der Waals surface area contributed by atoms with Gasteiger partial charge >= 0.3 is 0 Å². The number of carbonyl (C=O) groups is 1. The summed E-state index contributed by atoms with van der Waals surface area (Å²) in [7, 11) is 0. The van der Waals surface area contributed by atoms with Crippen LogP contribution in [0.5, 0.6) is 0 Å². The van der Waals surface area contributed by atoms with Crippen LogP contribution in [0.15, 0.2) is 45.4 Å². The van der Waals surface area contributed by atoms with Gasteiger partial charge in [-0.15, -0.1) is 0 Å². The van der Waals surface area contributed by atoms with Crippen molar-refractivity contribution >= 4 is 52.2 Å². The first kappa shape index (κ1) is 40.5. The number of ether oxygens (including phenoxy) is 6. The van der Waals surface area contributed by atoms with Crippen LogP contribution in [-0.4, -0.2) is 73.7 Å². The first-order chi connectivity index (χ1) is 28.8. The molecule has 0 N–H and O–H groups in total. The van der Waals surface area contributed by atoms with Crippen LogP contribution in [0.3, 0.4) is 0 Å². The van der Waals surface area contributed by atoms with E-state index in [2.05, 4.69) is 10.3 Å². The summed E-state index contributed by atoms with van der Waals surface area (Å²) in [5.74, 6) is 2.73. The number of ketones is 1. The van der Waals surface area contributed by atoms with Gasteiger partial charge in [0.15, 0.2) is 5.79 Å². The van der Waals surface area contributed by atoms with Crippen LogP contribution in [0.25, 0.3) is 22.5 Å². The third-order valence-corrected chi connectivity index (χ3v) is 14.3. The highest BCUT2D eigenvalue weighted by Gasteiger charge is 2.57. The Morgan fingerprint density at radius 2 is 1.02 bits per heavy atom. The lowest BCUT2D eigenvalue weighted by Crippen LogP contribution is -2.58. The third kappa shape index (κ3) is 8.03. The van der Waals surface area contributed by atoms with Crippen molar-refractivity contribution < 1.29 is 42.3 Å². The Morgan fingerprint density at radius 3 is 1.46 bits per heavy atom. The van der Waals surface area contributed by atoms with Crippen LogP contribution in [-0.2, 0) is 46.4 Å². The minimum Gasteiger partial charge on any atom is -0.380 e. The zero-order chi connectivity index (χ0) is 40.3. The highest BCUT2D eigenvalue weighted by molar-refractivity contribution is 6.39. The fourth-order valence-electron chi connectivity index (χ4n) is 9.75. The molecule has 59 heavy (non-hydrogen) atoms. The Labute approximate surface area is 362 Å². The van der Waals surface area contributed by atoms with Crippen LogP contribution in [0, 0.1) is 23.7 Å². The minimum absolute atomic E-state index is 0.0353. The summed E-state index contributed by atoms with van der Waals surface area (Å²) in [5, 5.41) is 10.9. The third-order valence-electron chi connectivity index (χ3n) is 13.0. The molecular weight excluding hydrogens is 842 g/mol. The standard InChI is InChI=1S/C23H25Cl2NO5.C21H21Cl2NO4/c24-18-2-1-3-19(25)20(18)21-17(22(31-26-21)13-4-5-13)12-28-16-8-14-10-27-11-15(9-16)23(14)29-6-7-30-23;22-16-2-1-3-17(23)18(16)19-15(21(28-24-19)11-4-5-11)10-27-14-6-12-8-26-9-13(7-14)20(12)25/h1-3,13-16H,4-12H2;1-3,11-14H,4-10H2. The second-order valence-corrected chi connectivity index (χ2v) is 18.6. The van der Waals surface area contributed by atoms with E-state index < -0.39 is 5.79 Å². The highest BCUT2D eigenvalue weighted by Crippen LogP contribution is 2.50. The maximum Gasteiger partial charge on any atom is 0.178 e. The number of fused-ring (bicyclic) bond motifs is 2. The summed E-state index contributed by atoms with van der Waals surface area (Å²) in [5.41, 5.74) is 4.64. The van der Waals surface area contributed by atoms with E-state index in [-0.39, 0.29) is 35.9 Å². The van der Waals surface area contributed by atoms with E-state index in [1.165, 1.54) is 0 Å². The Balaban J connectivity index is 0.000000143. The fraction of sp³-hybridized carbons (Fsp3) is 0.568. The topological polar surface area (TPSA) is 125 Å². The highest BCUT2D eigenvalue weighted by atomic mass is 35.5. The van der Waals surface area contributed by atoms with Gasteiger partial charge in [-0.3, -0.25) is 4.79 Å². The first-order valence-electron chi connectivity index (χ1n) is 20.8. The summed E-state index contributed by atoms with van der Waals surface area (Å²) in [6, 6.07) is 10.9. The van der Waals surface area contributed by atoms with E-state index in [4.69, 9.17) is 83.9 Å². The molecule has 15 heteroatoms. The molecular formula is C44H46Cl4N2O9. The summed E-state index contributed by atoms with van der Waals surface area (Å²) in [6.07, 6.45) is 7.67. The summed E-state index contributed by atoms with van der Waals surface area (Å²) < 4.78 is 47.8. The zero-order valence-corrected chi connectivity index (χ0v) is 35.5. The van der Waals surface area contributed by atoms with E-state index in [1.54, 1.807) is 12.1 Å². The van der Waals surface area contributed by atoms with Crippen molar-refractivity contribution in [2.24, 2.45) is 23.7 Å². The lowest BCUT2D eigenvalue weighted by molar-refractivity contribution is -0.301. The van der Waals surface area contributed by atoms with Gasteiger partial charge in [0.2, 0.25) is 0 Å². The van der Waals surface area contributed by atoms with E-state index in [1.807, 2.05) is 24.3 Å². The molecule has 1 spiro atoms. The largest absolute Gasteiger partial charge is 0.380 e. The van der Waals surface area contributed by atoms with Gasteiger partial charge in [-0.25, -0.2) is 0 Å². The predicted molar refractivity (Wildman–Crippen MR) is 219 cm³/mol. The summed E-state index contributed by atoms with van der Waals surface area (Å²) in [6.45, 7) is 4.44. The van der Waals surface area contributed by atoms with Gasteiger partial charge in [0.1, 0.15) is 28.7 Å². The van der Waals surface area contributed by atoms with Crippen LogP contribution >= 0.6 is 46.4 Å². The molecule has 2 aromatic carbocycles. The molecule has 5 heterocycles. The van der Waals surface area contributed by atoms with Gasteiger partial charge < -0.3 is 37.5 Å². The average molecular weight is 889 g/mol. The molecule has 11 nitrogen and oxygen atoms in total. The van der Waals surface area contributed by atoms with E-state index >= 15 is 0 Å². The number of hydrogen-bond donors (Lipinski definition) is 0. The van der Waals surface area contributed by atoms with Crippen LogP contribution in [0.2, 0.25) is 20.1 Å². The lowest BCUT2D eigenvalue weighted by atomic mass is 9.73. The van der Waals surface area contributed by atoms with Crippen LogP contribution in [0.4, 0.5) is 0 Å². The first-order valence-corrected chi connectivity index (χ1v) is 22.3. The van der Waals surface area contributed by atoms with Crippen LogP contribution in [0.1, 0.15) is 85.8 Å². The molecule has 314 valence electrons.